The van der Waals surface area contributed by atoms with Crippen molar-refractivity contribution in [2.45, 2.75) is 38.9 Å². The summed E-state index contributed by atoms with van der Waals surface area (Å²) in [5, 5.41) is 22.1. The smallest absolute Gasteiger partial charge is 0.165 e. The highest BCUT2D eigenvalue weighted by Gasteiger charge is 2.58. The molecule has 0 radical (unpaired) electrons. The minimum atomic E-state index is -1.16. The highest BCUT2D eigenvalue weighted by molar-refractivity contribution is 6.02. The lowest BCUT2D eigenvalue weighted by atomic mass is 9.46. The number of rotatable bonds is 7. The van der Waals surface area contributed by atoms with Gasteiger partial charge in [0.25, 0.3) is 0 Å². The van der Waals surface area contributed by atoms with E-state index < -0.39 is 12.2 Å². The topological polar surface area (TPSA) is 91.7 Å². The fourth-order valence-corrected chi connectivity index (χ4v) is 5.19. The second-order valence-electron chi connectivity index (χ2n) is 9.16. The van der Waals surface area contributed by atoms with Gasteiger partial charge in [-0.3, -0.25) is 14.4 Å². The number of fused-ring (bicyclic) bond motifs is 1. The summed E-state index contributed by atoms with van der Waals surface area (Å²) < 4.78 is 0. The van der Waals surface area contributed by atoms with E-state index in [-0.39, 0.29) is 29.5 Å². The van der Waals surface area contributed by atoms with Crippen LogP contribution >= 0.6 is 0 Å². The third-order valence-corrected chi connectivity index (χ3v) is 7.10. The zero-order valence-electron chi connectivity index (χ0n) is 17.6. The van der Waals surface area contributed by atoms with Crippen LogP contribution in [0.3, 0.4) is 0 Å². The molecule has 0 spiro atoms. The van der Waals surface area contributed by atoms with Gasteiger partial charge in [0.1, 0.15) is 18.7 Å². The number of Topliss-reactive ketones (excluding diaryl/α,β-unsaturated/α-hetero) is 1. The molecule has 4 unspecified atom stereocenters. The Bertz CT molecular complexity index is 1080. The van der Waals surface area contributed by atoms with Gasteiger partial charge in [0.15, 0.2) is 5.78 Å². The van der Waals surface area contributed by atoms with Crippen LogP contribution in [0.1, 0.15) is 70.7 Å². The van der Waals surface area contributed by atoms with Crippen molar-refractivity contribution in [3.05, 3.63) is 81.9 Å². The Kier molecular flexibility index (Phi) is 5.50. The van der Waals surface area contributed by atoms with E-state index in [4.69, 9.17) is 0 Å². The number of hydrogen-bond acceptors (Lipinski definition) is 5. The maximum atomic E-state index is 13.4. The molecule has 5 nitrogen and oxygen atoms in total. The molecular formula is C26H26O5. The second kappa shape index (κ2) is 7.98. The Hall–Kier alpha value is -2.89. The number of ketones is 1. The van der Waals surface area contributed by atoms with Crippen LogP contribution in [0.25, 0.3) is 0 Å². The second-order valence-corrected chi connectivity index (χ2v) is 9.16. The SMILES string of the molecule is CC1(C)C2CC1C(CC(O)c1cccc(C=O)c1)=C(C(O)c1cccc(C=O)c1)C2=O. The Labute approximate surface area is 181 Å². The van der Waals surface area contributed by atoms with Crippen molar-refractivity contribution in [3.8, 4) is 0 Å². The van der Waals surface area contributed by atoms with E-state index in [9.17, 15) is 24.6 Å². The van der Waals surface area contributed by atoms with E-state index >= 15 is 0 Å². The first-order valence-corrected chi connectivity index (χ1v) is 10.5. The van der Waals surface area contributed by atoms with Gasteiger partial charge in [-0.25, -0.2) is 0 Å². The molecule has 0 aromatic heterocycles. The summed E-state index contributed by atoms with van der Waals surface area (Å²) in [7, 11) is 0. The number of benzene rings is 2. The fraction of sp³-hybridized carbons (Fsp3) is 0.346. The maximum absolute atomic E-state index is 13.4. The first-order valence-electron chi connectivity index (χ1n) is 10.5. The number of aliphatic hydroxyl groups is 2. The summed E-state index contributed by atoms with van der Waals surface area (Å²) in [6.45, 7) is 4.11. The highest BCUT2D eigenvalue weighted by Crippen LogP contribution is 2.62. The normalized spacial score (nSPS) is 23.7. The van der Waals surface area contributed by atoms with Gasteiger partial charge in [-0.05, 0) is 47.4 Å². The average Bonchev–Trinajstić information content (AvgIpc) is 2.78. The van der Waals surface area contributed by atoms with Crippen LogP contribution in [-0.4, -0.2) is 28.6 Å². The van der Waals surface area contributed by atoms with Gasteiger partial charge in [-0.2, -0.15) is 0 Å². The van der Waals surface area contributed by atoms with Crippen molar-refractivity contribution < 1.29 is 24.6 Å². The van der Waals surface area contributed by atoms with Crippen molar-refractivity contribution >= 4 is 18.4 Å². The lowest BCUT2D eigenvalue weighted by molar-refractivity contribution is -0.137. The van der Waals surface area contributed by atoms with E-state index in [2.05, 4.69) is 13.8 Å². The zero-order chi connectivity index (χ0) is 22.3. The largest absolute Gasteiger partial charge is 0.388 e. The monoisotopic (exact) mass is 418 g/mol. The predicted octanol–water partition coefficient (Wildman–Crippen LogP) is 4.01. The lowest BCUT2D eigenvalue weighted by Gasteiger charge is -2.57. The Morgan fingerprint density at radius 1 is 0.968 bits per heavy atom. The van der Waals surface area contributed by atoms with Crippen molar-refractivity contribution in [1.82, 2.24) is 0 Å². The minimum absolute atomic E-state index is 0.0815. The standard InChI is InChI=1S/C26H26O5/c1-26(2)20-12-21(26)25(31)23(24(30)18-8-4-6-16(10-18)14-28)19(20)11-22(29)17-7-3-5-15(9-17)13-27/h3-10,13-14,20-22,24,29-30H,11-12H2,1-2H3. The van der Waals surface area contributed by atoms with Crippen molar-refractivity contribution in [2.75, 3.05) is 0 Å². The summed E-state index contributed by atoms with van der Waals surface area (Å²) in [4.78, 5) is 35.6. The fourth-order valence-electron chi connectivity index (χ4n) is 5.19. The molecule has 3 aliphatic carbocycles. The Balaban J connectivity index is 1.76. The molecule has 2 N–H and O–H groups in total. The summed E-state index contributed by atoms with van der Waals surface area (Å²) >= 11 is 0. The average molecular weight is 418 g/mol. The van der Waals surface area contributed by atoms with E-state index in [1.807, 2.05) is 0 Å². The van der Waals surface area contributed by atoms with Gasteiger partial charge in [-0.1, -0.05) is 55.8 Å². The molecule has 0 amide bonds. The van der Waals surface area contributed by atoms with Crippen molar-refractivity contribution in [2.24, 2.45) is 17.3 Å². The van der Waals surface area contributed by atoms with Crippen LogP contribution in [0, 0.1) is 17.3 Å². The number of hydrogen-bond donors (Lipinski definition) is 2. The molecule has 0 saturated heterocycles. The number of aldehydes is 2. The molecule has 2 bridgehead atoms. The molecule has 3 aliphatic rings. The van der Waals surface area contributed by atoms with Crippen molar-refractivity contribution in [1.29, 1.82) is 0 Å². The number of aliphatic hydroxyl groups excluding tert-OH is 2. The van der Waals surface area contributed by atoms with Crippen LogP contribution in [0.5, 0.6) is 0 Å². The van der Waals surface area contributed by atoms with Gasteiger partial charge in [0.05, 0.1) is 6.10 Å². The molecule has 160 valence electrons. The number of carbonyl (C=O) groups is 3. The zero-order valence-corrected chi connectivity index (χ0v) is 17.6. The van der Waals surface area contributed by atoms with Gasteiger partial charge in [-0.15, -0.1) is 0 Å². The molecule has 2 aromatic rings. The summed E-state index contributed by atoms with van der Waals surface area (Å²) in [5.41, 5.74) is 2.87. The van der Waals surface area contributed by atoms with Crippen molar-refractivity contribution in [3.63, 3.8) is 0 Å². The molecule has 4 atom stereocenters. The Morgan fingerprint density at radius 2 is 1.55 bits per heavy atom. The molecular weight excluding hydrogens is 392 g/mol. The molecule has 0 heterocycles. The number of carbonyl (C=O) groups excluding carboxylic acids is 3. The van der Waals surface area contributed by atoms with Crippen LogP contribution in [-0.2, 0) is 4.79 Å². The third kappa shape index (κ3) is 3.58. The van der Waals surface area contributed by atoms with Gasteiger partial charge >= 0.3 is 0 Å². The van der Waals surface area contributed by atoms with Crippen LogP contribution in [0.4, 0.5) is 0 Å². The molecule has 1 fully saturated rings. The van der Waals surface area contributed by atoms with Crippen LogP contribution < -0.4 is 0 Å². The van der Waals surface area contributed by atoms with E-state index in [0.29, 0.717) is 40.5 Å². The molecule has 5 heteroatoms. The molecule has 5 rings (SSSR count). The van der Waals surface area contributed by atoms with Crippen LogP contribution in [0.15, 0.2) is 59.7 Å². The lowest BCUT2D eigenvalue weighted by Crippen LogP contribution is -2.55. The first-order chi connectivity index (χ1) is 14.8. The predicted molar refractivity (Wildman–Crippen MR) is 116 cm³/mol. The molecule has 1 saturated carbocycles. The van der Waals surface area contributed by atoms with Crippen LogP contribution in [0.2, 0.25) is 0 Å². The Morgan fingerprint density at radius 3 is 2.13 bits per heavy atom. The van der Waals surface area contributed by atoms with Gasteiger partial charge < -0.3 is 10.2 Å². The maximum Gasteiger partial charge on any atom is 0.165 e. The van der Waals surface area contributed by atoms with E-state index in [1.54, 1.807) is 48.5 Å². The highest BCUT2D eigenvalue weighted by atomic mass is 16.3. The van der Waals surface area contributed by atoms with Gasteiger partial charge in [0, 0.05) is 22.6 Å². The first kappa shape index (κ1) is 21.3. The summed E-state index contributed by atoms with van der Waals surface area (Å²) in [6, 6.07) is 13.4. The molecule has 2 aromatic carbocycles. The molecule has 31 heavy (non-hydrogen) atoms. The van der Waals surface area contributed by atoms with E-state index in [0.717, 1.165) is 11.9 Å². The summed E-state index contributed by atoms with van der Waals surface area (Å²) in [6.07, 6.45) is 0.297. The third-order valence-electron chi connectivity index (χ3n) is 7.10. The van der Waals surface area contributed by atoms with E-state index in [1.165, 1.54) is 0 Å². The molecule has 0 aliphatic heterocycles. The summed E-state index contributed by atoms with van der Waals surface area (Å²) in [5.74, 6) is -0.158. The van der Waals surface area contributed by atoms with Gasteiger partial charge in [0.2, 0.25) is 0 Å². The quantitative estimate of drug-likeness (QED) is 0.663. The minimum Gasteiger partial charge on any atom is -0.388 e.